The normalized spacial score (nSPS) is 13.3. The molecule has 2 heterocycles. The van der Waals surface area contributed by atoms with Gasteiger partial charge in [0.2, 0.25) is 0 Å². The van der Waals surface area contributed by atoms with E-state index in [-0.39, 0.29) is 0 Å². The first kappa shape index (κ1) is 17.9. The van der Waals surface area contributed by atoms with Crippen molar-refractivity contribution in [1.82, 2.24) is 4.98 Å². The molecule has 0 bridgehead atoms. The zero-order chi connectivity index (χ0) is 22.0. The maximum atomic E-state index is 8.39. The van der Waals surface area contributed by atoms with Gasteiger partial charge in [-0.15, -0.1) is 0 Å². The maximum absolute atomic E-state index is 8.39. The largest absolute Gasteiger partial charge is 0.455 e. The van der Waals surface area contributed by atoms with Crippen LogP contribution in [0.5, 0.6) is 0 Å². The molecular weight excluding hydrogens is 382 g/mol. The smallest absolute Gasteiger partial charge is 0.144 e. The van der Waals surface area contributed by atoms with E-state index in [0.717, 1.165) is 44.1 Å². The second kappa shape index (κ2) is 6.81. The molecular formula is C27H27NOSi. The van der Waals surface area contributed by atoms with Crippen LogP contribution in [-0.2, 0) is 0 Å². The lowest BCUT2D eigenvalue weighted by Crippen LogP contribution is -2.37. The van der Waals surface area contributed by atoms with Crippen LogP contribution in [-0.4, -0.2) is 13.1 Å². The predicted octanol–water partition coefficient (Wildman–Crippen LogP) is 7.47. The van der Waals surface area contributed by atoms with Crippen LogP contribution in [0.4, 0.5) is 0 Å². The number of pyridine rings is 1. The number of furan rings is 1. The summed E-state index contributed by atoms with van der Waals surface area (Å²) in [6.07, 6.45) is 1.79. The Hall–Kier alpha value is -2.91. The minimum atomic E-state index is -1.38. The van der Waals surface area contributed by atoms with Gasteiger partial charge >= 0.3 is 0 Å². The molecule has 0 aliphatic heterocycles. The molecule has 0 saturated heterocycles. The lowest BCUT2D eigenvalue weighted by molar-refractivity contribution is 0.673. The van der Waals surface area contributed by atoms with Crippen LogP contribution in [0.25, 0.3) is 44.0 Å². The quantitative estimate of drug-likeness (QED) is 0.288. The van der Waals surface area contributed by atoms with E-state index in [0.29, 0.717) is 0 Å². The van der Waals surface area contributed by atoms with Crippen LogP contribution in [0.2, 0.25) is 19.6 Å². The van der Waals surface area contributed by atoms with Crippen molar-refractivity contribution < 1.29 is 5.79 Å². The van der Waals surface area contributed by atoms with E-state index in [2.05, 4.69) is 73.2 Å². The molecule has 0 amide bonds. The molecule has 30 heavy (non-hydrogen) atoms. The molecule has 5 rings (SSSR count). The fourth-order valence-electron chi connectivity index (χ4n) is 4.14. The van der Waals surface area contributed by atoms with Crippen LogP contribution >= 0.6 is 0 Å². The average molecular weight is 411 g/mol. The molecule has 3 aromatic carbocycles. The van der Waals surface area contributed by atoms with E-state index < -0.39 is 14.0 Å². The third-order valence-corrected chi connectivity index (χ3v) is 8.00. The zero-order valence-electron chi connectivity index (χ0n) is 19.2. The SMILES string of the molecule is [2H]C(C)(C)c1ccnc(-c2cccc3c2oc2c4ccc([Si](C)(C)C)cc4ccc32)c1. The third kappa shape index (κ3) is 3.05. The Bertz CT molecular complexity index is 1450. The summed E-state index contributed by atoms with van der Waals surface area (Å²) >= 11 is 0. The standard InChI is InChI=1S/C27H27NOSi/c1-17(2)18-13-14-28-25(16-18)24-8-6-7-22-23-11-9-19-15-20(30(3,4)5)10-12-21(19)26(23)29-27(22)24/h6-17H,1-5H3/i17D. The van der Waals surface area contributed by atoms with Crippen LogP contribution in [0, 0.1) is 0 Å². The van der Waals surface area contributed by atoms with E-state index in [1.807, 2.05) is 26.0 Å². The van der Waals surface area contributed by atoms with Crippen LogP contribution in [0.15, 0.2) is 71.3 Å². The van der Waals surface area contributed by atoms with Gasteiger partial charge in [0.1, 0.15) is 11.2 Å². The summed E-state index contributed by atoms with van der Waals surface area (Å²) in [6, 6.07) is 21.4. The van der Waals surface area contributed by atoms with Gasteiger partial charge in [-0.2, -0.15) is 0 Å². The summed E-state index contributed by atoms with van der Waals surface area (Å²) in [6.45, 7) is 10.9. The first-order valence-corrected chi connectivity index (χ1v) is 14.0. The number of nitrogens with zero attached hydrogens (tertiary/aromatic N) is 1. The fourth-order valence-corrected chi connectivity index (χ4v) is 5.31. The molecule has 0 saturated carbocycles. The molecule has 5 aromatic rings. The molecule has 0 atom stereocenters. The van der Waals surface area contributed by atoms with Crippen molar-refractivity contribution in [3.63, 3.8) is 0 Å². The summed E-state index contributed by atoms with van der Waals surface area (Å²) < 4.78 is 14.9. The summed E-state index contributed by atoms with van der Waals surface area (Å²) in [5.74, 6) is -0.677. The van der Waals surface area contributed by atoms with Crippen molar-refractivity contribution in [2.24, 2.45) is 0 Å². The Balaban J connectivity index is 1.77. The van der Waals surface area contributed by atoms with Crippen molar-refractivity contribution in [3.05, 3.63) is 72.4 Å². The van der Waals surface area contributed by atoms with Gasteiger partial charge in [-0.3, -0.25) is 4.98 Å². The molecule has 0 unspecified atom stereocenters. The summed E-state index contributed by atoms with van der Waals surface area (Å²) in [5.41, 5.74) is 4.53. The average Bonchev–Trinajstić information content (AvgIpc) is 3.11. The van der Waals surface area contributed by atoms with Gasteiger partial charge in [-0.1, -0.05) is 75.1 Å². The van der Waals surface area contributed by atoms with Gasteiger partial charge in [0.05, 0.1) is 13.8 Å². The van der Waals surface area contributed by atoms with Gasteiger partial charge in [0.15, 0.2) is 0 Å². The second-order valence-corrected chi connectivity index (χ2v) is 14.4. The Kier molecular flexibility index (Phi) is 4.07. The predicted molar refractivity (Wildman–Crippen MR) is 132 cm³/mol. The Morgan fingerprint density at radius 3 is 2.40 bits per heavy atom. The molecule has 0 aliphatic rings. The first-order valence-electron chi connectivity index (χ1n) is 11.0. The molecule has 0 spiro atoms. The summed E-state index contributed by atoms with van der Waals surface area (Å²) in [4.78, 5) is 4.61. The minimum absolute atomic E-state index is 0.677. The molecule has 0 fully saturated rings. The third-order valence-electron chi connectivity index (χ3n) is 5.96. The zero-order valence-corrected chi connectivity index (χ0v) is 19.2. The van der Waals surface area contributed by atoms with Gasteiger partial charge < -0.3 is 4.42 Å². The van der Waals surface area contributed by atoms with E-state index in [4.69, 9.17) is 5.79 Å². The molecule has 2 aromatic heterocycles. The number of hydrogen-bond acceptors (Lipinski definition) is 2. The fraction of sp³-hybridized carbons (Fsp3) is 0.222. The topological polar surface area (TPSA) is 26.0 Å². The van der Waals surface area contributed by atoms with Crippen LogP contribution in [0.1, 0.15) is 26.7 Å². The van der Waals surface area contributed by atoms with Crippen LogP contribution in [0.3, 0.4) is 0 Å². The van der Waals surface area contributed by atoms with E-state index in [9.17, 15) is 0 Å². The highest BCUT2D eigenvalue weighted by Gasteiger charge is 2.19. The molecule has 0 radical (unpaired) electrons. The number of rotatable bonds is 3. The van der Waals surface area contributed by atoms with Crippen LogP contribution < -0.4 is 5.19 Å². The highest BCUT2D eigenvalue weighted by molar-refractivity contribution is 6.88. The van der Waals surface area contributed by atoms with Gasteiger partial charge in [-0.25, -0.2) is 0 Å². The lowest BCUT2D eigenvalue weighted by atomic mass is 10.00. The monoisotopic (exact) mass is 410 g/mol. The number of hydrogen-bond donors (Lipinski definition) is 0. The Morgan fingerprint density at radius 1 is 0.867 bits per heavy atom. The second-order valence-electron chi connectivity index (χ2n) is 9.34. The molecule has 0 N–H and O–H groups in total. The summed E-state index contributed by atoms with van der Waals surface area (Å²) in [5, 5.41) is 6.05. The first-order chi connectivity index (χ1) is 14.6. The number of benzene rings is 3. The Labute approximate surface area is 180 Å². The molecule has 3 heteroatoms. The van der Waals surface area contributed by atoms with Gasteiger partial charge in [0.25, 0.3) is 0 Å². The Morgan fingerprint density at radius 2 is 1.63 bits per heavy atom. The van der Waals surface area contributed by atoms with Gasteiger partial charge in [0, 0.05) is 29.3 Å². The number of fused-ring (bicyclic) bond motifs is 5. The lowest BCUT2D eigenvalue weighted by Gasteiger charge is -2.17. The minimum Gasteiger partial charge on any atom is -0.455 e. The number of para-hydroxylation sites is 1. The highest BCUT2D eigenvalue weighted by atomic mass is 28.3. The maximum Gasteiger partial charge on any atom is 0.144 e. The van der Waals surface area contributed by atoms with Gasteiger partial charge in [-0.05, 0) is 41.1 Å². The van der Waals surface area contributed by atoms with Crippen molar-refractivity contribution in [3.8, 4) is 11.3 Å². The van der Waals surface area contributed by atoms with E-state index in [1.54, 1.807) is 6.20 Å². The molecule has 2 nitrogen and oxygen atoms in total. The van der Waals surface area contributed by atoms with Crippen molar-refractivity contribution in [1.29, 1.82) is 0 Å². The highest BCUT2D eigenvalue weighted by Crippen LogP contribution is 2.38. The van der Waals surface area contributed by atoms with Crippen molar-refractivity contribution in [2.45, 2.75) is 39.4 Å². The van der Waals surface area contributed by atoms with E-state index >= 15 is 0 Å². The molecule has 0 aliphatic carbocycles. The van der Waals surface area contributed by atoms with E-state index in [1.165, 1.54) is 10.6 Å². The number of aromatic nitrogens is 1. The molecule has 150 valence electrons. The summed E-state index contributed by atoms with van der Waals surface area (Å²) in [7, 11) is -1.38. The van der Waals surface area contributed by atoms with Crippen molar-refractivity contribution in [2.75, 3.05) is 0 Å². The van der Waals surface area contributed by atoms with Crippen molar-refractivity contribution >= 4 is 46.0 Å².